The fraction of sp³-hybridized carbons (Fsp3) is 0.611. The maximum absolute atomic E-state index is 12.7. The summed E-state index contributed by atoms with van der Waals surface area (Å²) in [7, 11) is -2.03. The minimum atomic E-state index is -3.48. The Labute approximate surface area is 151 Å². The van der Waals surface area contributed by atoms with Crippen LogP contribution in [0.5, 0.6) is 0 Å². The predicted molar refractivity (Wildman–Crippen MR) is 99.7 cm³/mol. The summed E-state index contributed by atoms with van der Waals surface area (Å²) in [5.41, 5.74) is 0.670. The fourth-order valence-electron chi connectivity index (χ4n) is 3.15. The summed E-state index contributed by atoms with van der Waals surface area (Å²) in [6, 6.07) is 8.17. The molecule has 0 radical (unpaired) electrons. The van der Waals surface area contributed by atoms with Crippen LogP contribution in [0.2, 0.25) is 0 Å². The number of benzene rings is 1. The molecule has 6 nitrogen and oxygen atoms in total. The minimum absolute atomic E-state index is 0.280. The van der Waals surface area contributed by atoms with Gasteiger partial charge in [-0.3, -0.25) is 4.79 Å². The molecule has 7 heteroatoms. The summed E-state index contributed by atoms with van der Waals surface area (Å²) >= 11 is 0. The van der Waals surface area contributed by atoms with Gasteiger partial charge in [-0.15, -0.1) is 0 Å². The molecule has 0 spiro atoms. The van der Waals surface area contributed by atoms with Gasteiger partial charge in [0.2, 0.25) is 15.9 Å². The summed E-state index contributed by atoms with van der Waals surface area (Å²) in [6.45, 7) is 3.79. The first-order chi connectivity index (χ1) is 11.9. The van der Waals surface area contributed by atoms with Crippen molar-refractivity contribution in [3.63, 3.8) is 0 Å². The van der Waals surface area contributed by atoms with Crippen molar-refractivity contribution in [2.24, 2.45) is 0 Å². The molecule has 1 atom stereocenters. The Bertz CT molecular complexity index is 643. The smallest absolute Gasteiger partial charge is 0.242 e. The SMILES string of the molecule is CN([C@@H](C(=O)NCCCN1CCCCC1)c1ccccc1)S(C)(=O)=O. The van der Waals surface area contributed by atoms with Gasteiger partial charge in [0.25, 0.3) is 0 Å². The molecule has 0 aliphatic carbocycles. The summed E-state index contributed by atoms with van der Waals surface area (Å²) in [5.74, 6) is -0.280. The van der Waals surface area contributed by atoms with Crippen molar-refractivity contribution in [3.05, 3.63) is 35.9 Å². The molecular weight excluding hydrogens is 338 g/mol. The Balaban J connectivity index is 1.93. The zero-order valence-electron chi connectivity index (χ0n) is 15.1. The van der Waals surface area contributed by atoms with Crippen molar-refractivity contribution >= 4 is 15.9 Å². The number of hydrogen-bond donors (Lipinski definition) is 1. The minimum Gasteiger partial charge on any atom is -0.354 e. The lowest BCUT2D eigenvalue weighted by molar-refractivity contribution is -0.124. The van der Waals surface area contributed by atoms with Crippen LogP contribution in [-0.4, -0.2) is 63.0 Å². The Morgan fingerprint density at radius 1 is 1.20 bits per heavy atom. The van der Waals surface area contributed by atoms with Crippen LogP contribution in [0.4, 0.5) is 0 Å². The van der Waals surface area contributed by atoms with Crippen LogP contribution >= 0.6 is 0 Å². The maximum atomic E-state index is 12.7. The molecule has 1 aliphatic rings. The van der Waals surface area contributed by atoms with Crippen LogP contribution in [0.25, 0.3) is 0 Å². The van der Waals surface area contributed by atoms with E-state index >= 15 is 0 Å². The highest BCUT2D eigenvalue weighted by molar-refractivity contribution is 7.88. The molecule has 1 aromatic carbocycles. The van der Waals surface area contributed by atoms with Gasteiger partial charge in [-0.2, -0.15) is 4.31 Å². The Kier molecular flexibility index (Phi) is 7.40. The Hall–Kier alpha value is -1.44. The van der Waals surface area contributed by atoms with Gasteiger partial charge in [-0.25, -0.2) is 8.42 Å². The predicted octanol–water partition coefficient (Wildman–Crippen LogP) is 1.61. The monoisotopic (exact) mass is 367 g/mol. The molecule has 0 saturated carbocycles. The fourth-order valence-corrected chi connectivity index (χ4v) is 3.75. The molecule has 1 aliphatic heterocycles. The van der Waals surface area contributed by atoms with Gasteiger partial charge in [0.05, 0.1) is 6.26 Å². The van der Waals surface area contributed by atoms with Crippen molar-refractivity contribution in [3.8, 4) is 0 Å². The van der Waals surface area contributed by atoms with Crippen LogP contribution < -0.4 is 5.32 Å². The molecule has 1 aromatic rings. The first-order valence-corrected chi connectivity index (χ1v) is 10.7. The van der Waals surface area contributed by atoms with Crippen LogP contribution in [0.1, 0.15) is 37.3 Å². The molecule has 0 aromatic heterocycles. The summed E-state index contributed by atoms with van der Waals surface area (Å²) < 4.78 is 25.0. The summed E-state index contributed by atoms with van der Waals surface area (Å²) in [4.78, 5) is 15.1. The molecule has 140 valence electrons. The normalized spacial score (nSPS) is 17.4. The third-order valence-electron chi connectivity index (χ3n) is 4.65. The largest absolute Gasteiger partial charge is 0.354 e. The highest BCUT2D eigenvalue weighted by atomic mass is 32.2. The van der Waals surface area contributed by atoms with E-state index in [0.717, 1.165) is 36.6 Å². The number of nitrogens with one attached hydrogen (secondary N) is 1. The number of hydrogen-bond acceptors (Lipinski definition) is 4. The molecule has 1 amide bonds. The second-order valence-corrected chi connectivity index (χ2v) is 8.68. The maximum Gasteiger partial charge on any atom is 0.242 e. The van der Waals surface area contributed by atoms with Gasteiger partial charge in [0, 0.05) is 13.6 Å². The number of likely N-dealkylation sites (N-methyl/N-ethyl adjacent to an activating group) is 1. The van der Waals surface area contributed by atoms with E-state index in [-0.39, 0.29) is 5.91 Å². The lowest BCUT2D eigenvalue weighted by Crippen LogP contribution is -2.42. The van der Waals surface area contributed by atoms with Crippen molar-refractivity contribution in [1.29, 1.82) is 0 Å². The van der Waals surface area contributed by atoms with Gasteiger partial charge in [0.15, 0.2) is 0 Å². The molecule has 25 heavy (non-hydrogen) atoms. The molecule has 0 bridgehead atoms. The molecule has 2 rings (SSSR count). The van der Waals surface area contributed by atoms with E-state index in [4.69, 9.17) is 0 Å². The standard InChI is InChI=1S/C18H29N3O3S/c1-20(25(2,23)24)17(16-10-5-3-6-11-16)18(22)19-12-9-15-21-13-7-4-8-14-21/h3,5-6,10-11,17H,4,7-9,12-15H2,1-2H3,(H,19,22)/t17-/m1/s1. The van der Waals surface area contributed by atoms with Crippen LogP contribution in [-0.2, 0) is 14.8 Å². The zero-order chi connectivity index (χ0) is 18.3. The molecule has 1 saturated heterocycles. The first kappa shape index (κ1) is 19.9. The topological polar surface area (TPSA) is 69.7 Å². The summed E-state index contributed by atoms with van der Waals surface area (Å²) in [5, 5.41) is 2.90. The number of carbonyl (C=O) groups excluding carboxylic acids is 1. The summed E-state index contributed by atoms with van der Waals surface area (Å²) in [6.07, 6.45) is 5.80. The number of sulfonamides is 1. The number of rotatable bonds is 8. The third-order valence-corrected chi connectivity index (χ3v) is 5.91. The van der Waals surface area contributed by atoms with Crippen molar-refractivity contribution < 1.29 is 13.2 Å². The Morgan fingerprint density at radius 3 is 2.44 bits per heavy atom. The number of piperidine rings is 1. The van der Waals surface area contributed by atoms with Gasteiger partial charge in [0.1, 0.15) is 6.04 Å². The second kappa shape index (κ2) is 9.31. The third kappa shape index (κ3) is 6.09. The van der Waals surface area contributed by atoms with Crippen LogP contribution in [0.3, 0.4) is 0 Å². The van der Waals surface area contributed by atoms with Crippen molar-refractivity contribution in [2.75, 3.05) is 39.5 Å². The number of nitrogens with zero attached hydrogens (tertiary/aromatic N) is 2. The van der Waals surface area contributed by atoms with Crippen LogP contribution in [0.15, 0.2) is 30.3 Å². The van der Waals surface area contributed by atoms with E-state index in [2.05, 4.69) is 10.2 Å². The molecule has 0 unspecified atom stereocenters. The van der Waals surface area contributed by atoms with E-state index < -0.39 is 16.1 Å². The average Bonchev–Trinajstić information content (AvgIpc) is 2.60. The van der Waals surface area contributed by atoms with Gasteiger partial charge in [-0.1, -0.05) is 36.8 Å². The zero-order valence-corrected chi connectivity index (χ0v) is 16.0. The van der Waals surface area contributed by atoms with Gasteiger partial charge in [-0.05, 0) is 44.5 Å². The van der Waals surface area contributed by atoms with E-state index in [1.807, 2.05) is 18.2 Å². The number of carbonyl (C=O) groups is 1. The van der Waals surface area contributed by atoms with Crippen molar-refractivity contribution in [1.82, 2.24) is 14.5 Å². The molecule has 1 heterocycles. The highest BCUT2D eigenvalue weighted by Crippen LogP contribution is 2.21. The number of likely N-dealkylation sites (tertiary alicyclic amines) is 1. The number of amides is 1. The van der Waals surface area contributed by atoms with E-state index in [1.165, 1.54) is 26.3 Å². The van der Waals surface area contributed by atoms with Gasteiger partial charge >= 0.3 is 0 Å². The second-order valence-electron chi connectivity index (χ2n) is 6.64. The van der Waals surface area contributed by atoms with Gasteiger partial charge < -0.3 is 10.2 Å². The lowest BCUT2D eigenvalue weighted by atomic mass is 10.1. The average molecular weight is 368 g/mol. The lowest BCUT2D eigenvalue weighted by Gasteiger charge is -2.27. The first-order valence-electron chi connectivity index (χ1n) is 8.87. The quantitative estimate of drug-likeness (QED) is 0.709. The van der Waals surface area contributed by atoms with E-state index in [0.29, 0.717) is 12.1 Å². The molecule has 1 N–H and O–H groups in total. The molecular formula is C18H29N3O3S. The Morgan fingerprint density at radius 2 is 1.84 bits per heavy atom. The highest BCUT2D eigenvalue weighted by Gasteiger charge is 2.30. The molecule has 1 fully saturated rings. The van der Waals surface area contributed by atoms with E-state index in [1.54, 1.807) is 12.1 Å². The van der Waals surface area contributed by atoms with E-state index in [9.17, 15) is 13.2 Å². The van der Waals surface area contributed by atoms with Crippen molar-refractivity contribution in [2.45, 2.75) is 31.7 Å². The van der Waals surface area contributed by atoms with Crippen LogP contribution in [0, 0.1) is 0 Å².